The van der Waals surface area contributed by atoms with Crippen LogP contribution in [-0.4, -0.2) is 19.1 Å². The second-order valence-electron chi connectivity index (χ2n) is 2.92. The Kier molecular flexibility index (Phi) is 3.91. The molecule has 0 spiro atoms. The molecule has 0 aromatic heterocycles. The van der Waals surface area contributed by atoms with Crippen molar-refractivity contribution in [1.29, 1.82) is 0 Å². The van der Waals surface area contributed by atoms with Crippen molar-refractivity contribution in [2.24, 2.45) is 0 Å². The molecule has 0 radical (unpaired) electrons. The predicted molar refractivity (Wildman–Crippen MR) is 55.0 cm³/mol. The number of nitrogens with one attached hydrogen (secondary N) is 1. The molecule has 0 aliphatic heterocycles. The number of likely N-dealkylation sites (N-methyl/N-ethyl adjacent to an activating group) is 1. The molecular formula is C10H13FN2O2. The number of carbonyl (C=O) groups is 1. The standard InChI is InChI=1S/C10H13FN2O2/c1-2-13-10(14)6-15-9-4-3-7(11)5-8(9)12/h3-5H,2,6,12H2,1H3,(H,13,14). The van der Waals surface area contributed by atoms with Gasteiger partial charge in [-0.2, -0.15) is 0 Å². The summed E-state index contributed by atoms with van der Waals surface area (Å²) < 4.78 is 17.8. The number of ether oxygens (including phenoxy) is 1. The van der Waals surface area contributed by atoms with Crippen LogP contribution in [0.3, 0.4) is 0 Å². The highest BCUT2D eigenvalue weighted by atomic mass is 19.1. The summed E-state index contributed by atoms with van der Waals surface area (Å²) in [5.41, 5.74) is 5.66. The van der Waals surface area contributed by atoms with E-state index in [9.17, 15) is 9.18 Å². The molecule has 82 valence electrons. The monoisotopic (exact) mass is 212 g/mol. The molecule has 0 unspecified atom stereocenters. The number of benzene rings is 1. The smallest absolute Gasteiger partial charge is 0.257 e. The molecule has 3 N–H and O–H groups in total. The van der Waals surface area contributed by atoms with Crippen LogP contribution in [0, 0.1) is 5.82 Å². The van der Waals surface area contributed by atoms with E-state index in [0.717, 1.165) is 6.07 Å². The third-order valence-corrected chi connectivity index (χ3v) is 1.70. The molecule has 0 bridgehead atoms. The summed E-state index contributed by atoms with van der Waals surface area (Å²) in [5.74, 6) is -0.360. The number of carbonyl (C=O) groups excluding carboxylic acids is 1. The zero-order valence-electron chi connectivity index (χ0n) is 8.42. The van der Waals surface area contributed by atoms with Crippen molar-refractivity contribution in [1.82, 2.24) is 5.32 Å². The van der Waals surface area contributed by atoms with E-state index < -0.39 is 5.82 Å². The summed E-state index contributed by atoms with van der Waals surface area (Å²) in [5, 5.41) is 2.57. The first-order chi connectivity index (χ1) is 7.13. The van der Waals surface area contributed by atoms with E-state index in [1.807, 2.05) is 6.92 Å². The fourth-order valence-corrected chi connectivity index (χ4v) is 1.04. The SMILES string of the molecule is CCNC(=O)COc1ccc(F)cc1N. The molecule has 1 aromatic carbocycles. The van der Waals surface area contributed by atoms with Gasteiger partial charge in [0.2, 0.25) is 0 Å². The Hall–Kier alpha value is -1.78. The van der Waals surface area contributed by atoms with Gasteiger partial charge in [0, 0.05) is 12.6 Å². The van der Waals surface area contributed by atoms with Gasteiger partial charge in [0.15, 0.2) is 6.61 Å². The normalized spacial score (nSPS) is 9.73. The number of hydrogen-bond acceptors (Lipinski definition) is 3. The lowest BCUT2D eigenvalue weighted by Crippen LogP contribution is -2.28. The van der Waals surface area contributed by atoms with Crippen molar-refractivity contribution in [2.45, 2.75) is 6.92 Å². The maximum Gasteiger partial charge on any atom is 0.257 e. The molecule has 4 nitrogen and oxygen atoms in total. The van der Waals surface area contributed by atoms with Gasteiger partial charge in [0.25, 0.3) is 5.91 Å². The van der Waals surface area contributed by atoms with E-state index in [1.165, 1.54) is 12.1 Å². The maximum atomic E-state index is 12.7. The van der Waals surface area contributed by atoms with Crippen LogP contribution in [0.15, 0.2) is 18.2 Å². The minimum atomic E-state index is -0.433. The zero-order chi connectivity index (χ0) is 11.3. The van der Waals surface area contributed by atoms with Gasteiger partial charge in [-0.05, 0) is 19.1 Å². The molecule has 1 amide bonds. The van der Waals surface area contributed by atoms with E-state index in [-0.39, 0.29) is 18.2 Å². The molecule has 0 aliphatic rings. The maximum absolute atomic E-state index is 12.7. The van der Waals surface area contributed by atoms with Crippen LogP contribution in [-0.2, 0) is 4.79 Å². The van der Waals surface area contributed by atoms with Gasteiger partial charge in [-0.3, -0.25) is 4.79 Å². The molecule has 0 fully saturated rings. The number of nitrogen functional groups attached to an aromatic ring is 1. The van der Waals surface area contributed by atoms with Gasteiger partial charge in [-0.1, -0.05) is 0 Å². The molecular weight excluding hydrogens is 199 g/mol. The minimum absolute atomic E-state index is 0.121. The molecule has 1 rings (SSSR count). The molecule has 0 saturated heterocycles. The van der Waals surface area contributed by atoms with Gasteiger partial charge in [-0.15, -0.1) is 0 Å². The lowest BCUT2D eigenvalue weighted by atomic mass is 10.3. The van der Waals surface area contributed by atoms with Crippen molar-refractivity contribution in [3.05, 3.63) is 24.0 Å². The van der Waals surface area contributed by atoms with Crippen molar-refractivity contribution in [2.75, 3.05) is 18.9 Å². The van der Waals surface area contributed by atoms with Crippen molar-refractivity contribution in [3.8, 4) is 5.75 Å². The third-order valence-electron chi connectivity index (χ3n) is 1.70. The molecule has 0 saturated carbocycles. The van der Waals surface area contributed by atoms with E-state index in [1.54, 1.807) is 0 Å². The Labute approximate surface area is 87.2 Å². The molecule has 0 heterocycles. The first-order valence-electron chi connectivity index (χ1n) is 4.58. The summed E-state index contributed by atoms with van der Waals surface area (Å²) in [7, 11) is 0. The lowest BCUT2D eigenvalue weighted by Gasteiger charge is -2.08. The van der Waals surface area contributed by atoms with Crippen LogP contribution in [0.2, 0.25) is 0 Å². The molecule has 15 heavy (non-hydrogen) atoms. The Morgan fingerprint density at radius 3 is 2.93 bits per heavy atom. The first-order valence-corrected chi connectivity index (χ1v) is 4.58. The number of anilines is 1. The average Bonchev–Trinajstić information content (AvgIpc) is 2.17. The Balaban J connectivity index is 2.54. The van der Waals surface area contributed by atoms with Crippen molar-refractivity contribution >= 4 is 11.6 Å². The minimum Gasteiger partial charge on any atom is -0.482 e. The average molecular weight is 212 g/mol. The van der Waals surface area contributed by atoms with Gasteiger partial charge >= 0.3 is 0 Å². The quantitative estimate of drug-likeness (QED) is 0.729. The highest BCUT2D eigenvalue weighted by molar-refractivity contribution is 5.77. The number of nitrogens with two attached hydrogens (primary N) is 1. The van der Waals surface area contributed by atoms with E-state index >= 15 is 0 Å². The first kappa shape index (κ1) is 11.3. The number of halogens is 1. The summed E-state index contributed by atoms with van der Waals surface area (Å²) in [6, 6.07) is 3.76. The van der Waals surface area contributed by atoms with Gasteiger partial charge in [0.1, 0.15) is 11.6 Å². The molecule has 5 heteroatoms. The van der Waals surface area contributed by atoms with Crippen LogP contribution in [0.1, 0.15) is 6.92 Å². The number of rotatable bonds is 4. The molecule has 0 atom stereocenters. The van der Waals surface area contributed by atoms with Crippen LogP contribution < -0.4 is 15.8 Å². The fraction of sp³-hybridized carbons (Fsp3) is 0.300. The van der Waals surface area contributed by atoms with Crippen LogP contribution in [0.25, 0.3) is 0 Å². The second-order valence-corrected chi connectivity index (χ2v) is 2.92. The van der Waals surface area contributed by atoms with E-state index in [2.05, 4.69) is 5.32 Å². The summed E-state index contributed by atoms with van der Waals surface area (Å²) in [6.07, 6.45) is 0. The number of amides is 1. The van der Waals surface area contributed by atoms with Crippen molar-refractivity contribution in [3.63, 3.8) is 0 Å². The summed E-state index contributed by atoms with van der Waals surface area (Å²) in [6.45, 7) is 2.23. The highest BCUT2D eigenvalue weighted by Gasteiger charge is 2.04. The van der Waals surface area contributed by atoms with Crippen molar-refractivity contribution < 1.29 is 13.9 Å². The number of hydrogen-bond donors (Lipinski definition) is 2. The molecule has 0 aliphatic carbocycles. The summed E-state index contributed by atoms with van der Waals surface area (Å²) in [4.78, 5) is 11.0. The zero-order valence-corrected chi connectivity index (χ0v) is 8.42. The predicted octanol–water partition coefficient (Wildman–Crippen LogP) is 0.923. The third kappa shape index (κ3) is 3.46. The van der Waals surface area contributed by atoms with Gasteiger partial charge in [0.05, 0.1) is 5.69 Å². The van der Waals surface area contributed by atoms with Crippen LogP contribution in [0.4, 0.5) is 10.1 Å². The second kappa shape index (κ2) is 5.19. The van der Waals surface area contributed by atoms with E-state index in [4.69, 9.17) is 10.5 Å². The van der Waals surface area contributed by atoms with Gasteiger partial charge in [-0.25, -0.2) is 4.39 Å². The summed E-state index contributed by atoms with van der Waals surface area (Å²) >= 11 is 0. The molecule has 1 aromatic rings. The van der Waals surface area contributed by atoms with Crippen LogP contribution >= 0.6 is 0 Å². The van der Waals surface area contributed by atoms with Crippen LogP contribution in [0.5, 0.6) is 5.75 Å². The highest BCUT2D eigenvalue weighted by Crippen LogP contribution is 2.21. The topological polar surface area (TPSA) is 64.3 Å². The fourth-order valence-electron chi connectivity index (χ4n) is 1.04. The van der Waals surface area contributed by atoms with Gasteiger partial charge < -0.3 is 15.8 Å². The Morgan fingerprint density at radius 1 is 1.60 bits per heavy atom. The lowest BCUT2D eigenvalue weighted by molar-refractivity contribution is -0.122. The van der Waals surface area contributed by atoms with E-state index in [0.29, 0.717) is 12.3 Å². The Morgan fingerprint density at radius 2 is 2.33 bits per heavy atom. The largest absolute Gasteiger partial charge is 0.482 e. The Bertz CT molecular complexity index is 355.